The lowest BCUT2D eigenvalue weighted by molar-refractivity contribution is -0.0132. The van der Waals surface area contributed by atoms with Crippen LogP contribution >= 0.6 is 15.9 Å². The lowest BCUT2D eigenvalue weighted by Crippen LogP contribution is -2.23. The minimum absolute atomic E-state index is 0.341. The van der Waals surface area contributed by atoms with Crippen LogP contribution in [-0.2, 0) is 11.2 Å². The second-order valence-electron chi connectivity index (χ2n) is 4.31. The molecular formula is C15H16BrNO2. The van der Waals surface area contributed by atoms with E-state index in [2.05, 4.69) is 20.9 Å². The van der Waals surface area contributed by atoms with E-state index in [9.17, 15) is 5.11 Å². The van der Waals surface area contributed by atoms with Crippen molar-refractivity contribution in [3.63, 3.8) is 0 Å². The number of hydrogen-bond acceptors (Lipinski definition) is 3. The van der Waals surface area contributed by atoms with Gasteiger partial charge in [-0.3, -0.25) is 4.98 Å². The number of nitrogens with zero attached hydrogens (tertiary/aromatic N) is 1. The summed E-state index contributed by atoms with van der Waals surface area (Å²) in [5, 5.41) is 10.3. The highest BCUT2D eigenvalue weighted by Gasteiger charge is 2.21. The number of benzene rings is 1. The van der Waals surface area contributed by atoms with Crippen molar-refractivity contribution in [3.05, 3.63) is 64.4 Å². The molecule has 1 aromatic carbocycles. The molecule has 0 saturated carbocycles. The number of hydrogen-bond donors (Lipinski definition) is 1. The normalized spacial score (nSPS) is 14.1. The maximum atomic E-state index is 10.3. The fourth-order valence-electron chi connectivity index (χ4n) is 2.01. The maximum absolute atomic E-state index is 10.3. The fraction of sp³-hybridized carbons (Fsp3) is 0.267. The van der Waals surface area contributed by atoms with Gasteiger partial charge in [0.15, 0.2) is 0 Å². The third kappa shape index (κ3) is 3.86. The van der Waals surface area contributed by atoms with Gasteiger partial charge in [-0.25, -0.2) is 0 Å². The van der Waals surface area contributed by atoms with Crippen LogP contribution in [0, 0.1) is 0 Å². The summed E-state index contributed by atoms with van der Waals surface area (Å²) in [6, 6.07) is 13.5. The molecule has 1 aromatic heterocycles. The van der Waals surface area contributed by atoms with E-state index < -0.39 is 6.10 Å². The number of rotatable bonds is 5. The predicted molar refractivity (Wildman–Crippen MR) is 77.8 cm³/mol. The highest BCUT2D eigenvalue weighted by Crippen LogP contribution is 2.22. The summed E-state index contributed by atoms with van der Waals surface area (Å²) in [4.78, 5) is 4.27. The molecule has 0 aliphatic rings. The van der Waals surface area contributed by atoms with Gasteiger partial charge in [0.25, 0.3) is 0 Å². The van der Waals surface area contributed by atoms with E-state index in [-0.39, 0.29) is 6.10 Å². The summed E-state index contributed by atoms with van der Waals surface area (Å²) in [6.45, 7) is 0. The number of halogens is 1. The van der Waals surface area contributed by atoms with Gasteiger partial charge in [0.1, 0.15) is 6.10 Å². The minimum Gasteiger partial charge on any atom is -0.390 e. The number of ether oxygens (including phenoxy) is 1. The second-order valence-corrected chi connectivity index (χ2v) is 5.22. The summed E-state index contributed by atoms with van der Waals surface area (Å²) in [7, 11) is 1.61. The van der Waals surface area contributed by atoms with Gasteiger partial charge in [0.2, 0.25) is 0 Å². The van der Waals surface area contributed by atoms with Crippen LogP contribution in [-0.4, -0.2) is 23.3 Å². The van der Waals surface area contributed by atoms with Crippen molar-refractivity contribution in [3.8, 4) is 0 Å². The molecule has 2 aromatic rings. The van der Waals surface area contributed by atoms with Crippen molar-refractivity contribution >= 4 is 15.9 Å². The Bertz CT molecular complexity index is 501. The smallest absolute Gasteiger partial charge is 0.108 e. The van der Waals surface area contributed by atoms with Gasteiger partial charge in [-0.1, -0.05) is 30.3 Å². The van der Waals surface area contributed by atoms with E-state index in [1.165, 1.54) is 0 Å². The largest absolute Gasteiger partial charge is 0.390 e. The van der Waals surface area contributed by atoms with Gasteiger partial charge < -0.3 is 9.84 Å². The number of pyridine rings is 1. The Morgan fingerprint density at radius 2 is 1.95 bits per heavy atom. The molecule has 2 rings (SSSR count). The molecule has 2 atom stereocenters. The Balaban J connectivity index is 2.09. The molecule has 0 aliphatic heterocycles. The van der Waals surface area contributed by atoms with Gasteiger partial charge >= 0.3 is 0 Å². The Hall–Kier alpha value is -1.23. The fourth-order valence-corrected chi connectivity index (χ4v) is 2.24. The molecule has 0 spiro atoms. The minimum atomic E-state index is -0.624. The molecule has 0 amide bonds. The molecule has 4 heteroatoms. The molecule has 0 bridgehead atoms. The van der Waals surface area contributed by atoms with Gasteiger partial charge in [-0.15, -0.1) is 0 Å². The van der Waals surface area contributed by atoms with Crippen LogP contribution in [0.15, 0.2) is 53.1 Å². The number of aliphatic hydroxyl groups is 1. The molecule has 0 aliphatic carbocycles. The van der Waals surface area contributed by atoms with Crippen molar-refractivity contribution in [2.24, 2.45) is 0 Å². The molecule has 0 saturated heterocycles. The van der Waals surface area contributed by atoms with Crippen molar-refractivity contribution in [1.29, 1.82) is 0 Å². The van der Waals surface area contributed by atoms with Crippen LogP contribution in [0.2, 0.25) is 0 Å². The summed E-state index contributed by atoms with van der Waals surface area (Å²) in [5.74, 6) is 0. The Labute approximate surface area is 121 Å². The molecule has 2 unspecified atom stereocenters. The topological polar surface area (TPSA) is 42.4 Å². The van der Waals surface area contributed by atoms with Crippen LogP contribution in [0.3, 0.4) is 0 Å². The van der Waals surface area contributed by atoms with Gasteiger partial charge in [0, 0.05) is 29.9 Å². The first kappa shape index (κ1) is 14.2. The molecule has 1 heterocycles. The average molecular weight is 322 g/mol. The zero-order valence-electron chi connectivity index (χ0n) is 10.7. The van der Waals surface area contributed by atoms with Crippen molar-refractivity contribution in [2.45, 2.75) is 18.6 Å². The SMILES string of the molecule is COC(c1ccccc1)C(O)Cc1ccc(Br)cn1. The summed E-state index contributed by atoms with van der Waals surface area (Å²) < 4.78 is 6.33. The van der Waals surface area contributed by atoms with Gasteiger partial charge in [0.05, 0.1) is 6.10 Å². The van der Waals surface area contributed by atoms with Crippen molar-refractivity contribution in [2.75, 3.05) is 7.11 Å². The highest BCUT2D eigenvalue weighted by molar-refractivity contribution is 9.10. The Kier molecular flexibility index (Phi) is 5.07. The maximum Gasteiger partial charge on any atom is 0.108 e. The molecule has 0 radical (unpaired) electrons. The number of aromatic nitrogens is 1. The third-order valence-electron chi connectivity index (χ3n) is 2.94. The van der Waals surface area contributed by atoms with Crippen molar-refractivity contribution in [1.82, 2.24) is 4.98 Å². The van der Waals surface area contributed by atoms with Crippen LogP contribution in [0.5, 0.6) is 0 Å². The average Bonchev–Trinajstić information content (AvgIpc) is 2.43. The first-order chi connectivity index (χ1) is 9.20. The summed E-state index contributed by atoms with van der Waals surface area (Å²) >= 11 is 3.34. The van der Waals surface area contributed by atoms with E-state index in [1.54, 1.807) is 13.3 Å². The molecule has 1 N–H and O–H groups in total. The zero-order valence-corrected chi connectivity index (χ0v) is 12.2. The second kappa shape index (κ2) is 6.80. The van der Waals surface area contributed by atoms with Crippen LogP contribution in [0.1, 0.15) is 17.4 Å². The van der Waals surface area contributed by atoms with Gasteiger partial charge in [-0.05, 0) is 33.6 Å². The Morgan fingerprint density at radius 1 is 1.21 bits per heavy atom. The highest BCUT2D eigenvalue weighted by atomic mass is 79.9. The standard InChI is InChI=1S/C15H16BrNO2/c1-19-15(11-5-3-2-4-6-11)14(18)9-13-8-7-12(16)10-17-13/h2-8,10,14-15,18H,9H2,1H3. The van der Waals surface area contributed by atoms with Crippen LogP contribution in [0.25, 0.3) is 0 Å². The lowest BCUT2D eigenvalue weighted by atomic mass is 10.0. The number of aliphatic hydroxyl groups excluding tert-OH is 1. The molecule has 0 fully saturated rings. The molecular weight excluding hydrogens is 306 g/mol. The predicted octanol–water partition coefficient (Wildman–Crippen LogP) is 3.14. The first-order valence-corrected chi connectivity index (χ1v) is 6.86. The molecule has 100 valence electrons. The van der Waals surface area contributed by atoms with Crippen LogP contribution in [0.4, 0.5) is 0 Å². The first-order valence-electron chi connectivity index (χ1n) is 6.07. The number of methoxy groups -OCH3 is 1. The summed E-state index contributed by atoms with van der Waals surface area (Å²) in [6.07, 6.45) is 1.22. The van der Waals surface area contributed by atoms with E-state index in [0.29, 0.717) is 6.42 Å². The molecule has 3 nitrogen and oxygen atoms in total. The van der Waals surface area contributed by atoms with E-state index in [1.807, 2.05) is 42.5 Å². The van der Waals surface area contributed by atoms with Gasteiger partial charge in [-0.2, -0.15) is 0 Å². The quantitative estimate of drug-likeness (QED) is 0.920. The van der Waals surface area contributed by atoms with E-state index >= 15 is 0 Å². The monoisotopic (exact) mass is 321 g/mol. The molecule has 19 heavy (non-hydrogen) atoms. The summed E-state index contributed by atoms with van der Waals surface area (Å²) in [5.41, 5.74) is 1.81. The van der Waals surface area contributed by atoms with E-state index in [0.717, 1.165) is 15.7 Å². The zero-order chi connectivity index (χ0) is 13.7. The van der Waals surface area contributed by atoms with Crippen LogP contribution < -0.4 is 0 Å². The van der Waals surface area contributed by atoms with E-state index in [4.69, 9.17) is 4.74 Å². The third-order valence-corrected chi connectivity index (χ3v) is 3.41. The Morgan fingerprint density at radius 3 is 2.53 bits per heavy atom. The van der Waals surface area contributed by atoms with Crippen molar-refractivity contribution < 1.29 is 9.84 Å². The lowest BCUT2D eigenvalue weighted by Gasteiger charge is -2.21.